The molecular weight excluding hydrogens is 408 g/mol. The van der Waals surface area contributed by atoms with E-state index >= 15 is 0 Å². The highest BCUT2D eigenvalue weighted by atomic mass is 16.5. The molecule has 2 unspecified atom stereocenters. The number of carbonyl (C=O) groups excluding carboxylic acids is 1. The summed E-state index contributed by atoms with van der Waals surface area (Å²) in [6, 6.07) is 7.29. The molecule has 3 heterocycles. The van der Waals surface area contributed by atoms with Crippen LogP contribution in [0.4, 0.5) is 5.69 Å². The zero-order valence-corrected chi connectivity index (χ0v) is 19.2. The summed E-state index contributed by atoms with van der Waals surface area (Å²) in [7, 11) is 0. The number of ether oxygens (including phenoxy) is 2. The summed E-state index contributed by atoms with van der Waals surface area (Å²) in [6.07, 6.45) is 0.672. The van der Waals surface area contributed by atoms with Crippen molar-refractivity contribution in [1.29, 1.82) is 0 Å². The van der Waals surface area contributed by atoms with Crippen molar-refractivity contribution >= 4 is 11.6 Å². The van der Waals surface area contributed by atoms with Gasteiger partial charge in [-0.3, -0.25) is 14.4 Å². The summed E-state index contributed by atoms with van der Waals surface area (Å²) in [4.78, 5) is 15.1. The molecule has 0 bridgehead atoms. The van der Waals surface area contributed by atoms with Crippen LogP contribution in [-0.4, -0.2) is 66.1 Å². The minimum Gasteiger partial charge on any atom is -0.492 e. The molecule has 2 aliphatic heterocycles. The average Bonchev–Trinajstić information content (AvgIpc) is 3.39. The summed E-state index contributed by atoms with van der Waals surface area (Å²) >= 11 is 0. The van der Waals surface area contributed by atoms with Gasteiger partial charge in [-0.2, -0.15) is 5.10 Å². The second-order valence-corrected chi connectivity index (χ2v) is 8.35. The van der Waals surface area contributed by atoms with Gasteiger partial charge in [-0.15, -0.1) is 0 Å². The van der Waals surface area contributed by atoms with E-state index in [1.54, 1.807) is 0 Å². The molecule has 9 nitrogen and oxygen atoms in total. The molecule has 3 N–H and O–H groups in total. The maximum atomic E-state index is 12.8. The standard InChI is InChI=1S/C23H34N6O3/c1-4-29-17(3)22(16(2)27-29)20-15-21(26-25-20)23(30)24-18-5-7-19(8-6-18)32-14-11-28-9-12-31-13-10-28/h5-8,20-21,25-26H,4,9-15H2,1-3H3,(H,24,30). The van der Waals surface area contributed by atoms with Gasteiger partial charge in [-0.1, -0.05) is 0 Å². The number of hydrazine groups is 1. The van der Waals surface area contributed by atoms with Crippen molar-refractivity contribution in [3.8, 4) is 5.75 Å². The molecule has 2 atom stereocenters. The van der Waals surface area contributed by atoms with Crippen LogP contribution in [0.1, 0.15) is 36.3 Å². The SMILES string of the molecule is CCn1nc(C)c(C2CC(C(=O)Nc3ccc(OCCN4CCOCC4)cc3)NN2)c1C. The van der Waals surface area contributed by atoms with Crippen LogP contribution in [0.2, 0.25) is 0 Å². The largest absolute Gasteiger partial charge is 0.492 e. The van der Waals surface area contributed by atoms with Crippen LogP contribution in [0.25, 0.3) is 0 Å². The molecule has 2 saturated heterocycles. The van der Waals surface area contributed by atoms with E-state index in [1.165, 1.54) is 5.56 Å². The third kappa shape index (κ3) is 5.29. The van der Waals surface area contributed by atoms with E-state index in [0.29, 0.717) is 13.0 Å². The number of nitrogens with zero attached hydrogens (tertiary/aromatic N) is 3. The fourth-order valence-corrected chi connectivity index (χ4v) is 4.42. The van der Waals surface area contributed by atoms with Crippen molar-refractivity contribution < 1.29 is 14.3 Å². The average molecular weight is 443 g/mol. The normalized spacial score (nSPS) is 21.6. The first-order chi connectivity index (χ1) is 15.5. The molecule has 32 heavy (non-hydrogen) atoms. The van der Waals surface area contributed by atoms with Crippen molar-refractivity contribution in [2.45, 2.75) is 45.8 Å². The van der Waals surface area contributed by atoms with E-state index in [4.69, 9.17) is 9.47 Å². The van der Waals surface area contributed by atoms with E-state index in [1.807, 2.05) is 35.9 Å². The topological polar surface area (TPSA) is 92.7 Å². The van der Waals surface area contributed by atoms with Crippen LogP contribution >= 0.6 is 0 Å². The predicted octanol–water partition coefficient (Wildman–Crippen LogP) is 1.78. The number of aromatic nitrogens is 2. The number of rotatable bonds is 8. The Labute approximate surface area is 189 Å². The highest BCUT2D eigenvalue weighted by Gasteiger charge is 2.33. The highest BCUT2D eigenvalue weighted by molar-refractivity contribution is 5.95. The highest BCUT2D eigenvalue weighted by Crippen LogP contribution is 2.28. The number of hydrogen-bond donors (Lipinski definition) is 3. The number of hydrogen-bond acceptors (Lipinski definition) is 7. The lowest BCUT2D eigenvalue weighted by Crippen LogP contribution is -2.39. The van der Waals surface area contributed by atoms with E-state index in [-0.39, 0.29) is 18.0 Å². The van der Waals surface area contributed by atoms with Gasteiger partial charge in [0.1, 0.15) is 18.4 Å². The molecular formula is C23H34N6O3. The van der Waals surface area contributed by atoms with E-state index < -0.39 is 0 Å². The number of amides is 1. The van der Waals surface area contributed by atoms with Gasteiger partial charge >= 0.3 is 0 Å². The first-order valence-corrected chi connectivity index (χ1v) is 11.4. The van der Waals surface area contributed by atoms with Crippen LogP contribution in [0.5, 0.6) is 5.75 Å². The van der Waals surface area contributed by atoms with E-state index in [9.17, 15) is 4.79 Å². The molecule has 2 aromatic rings. The van der Waals surface area contributed by atoms with Crippen LogP contribution < -0.4 is 20.9 Å². The molecule has 2 aliphatic rings. The zero-order valence-electron chi connectivity index (χ0n) is 19.2. The Bertz CT molecular complexity index is 907. The minimum atomic E-state index is -0.312. The third-order valence-corrected chi connectivity index (χ3v) is 6.21. The Kier molecular flexibility index (Phi) is 7.41. The predicted molar refractivity (Wildman–Crippen MR) is 123 cm³/mol. The summed E-state index contributed by atoms with van der Waals surface area (Å²) in [6.45, 7) is 12.1. The second-order valence-electron chi connectivity index (χ2n) is 8.35. The number of morpholine rings is 1. The maximum absolute atomic E-state index is 12.8. The van der Waals surface area contributed by atoms with Gasteiger partial charge in [0.25, 0.3) is 0 Å². The molecule has 9 heteroatoms. The Morgan fingerprint density at radius 3 is 2.66 bits per heavy atom. The fourth-order valence-electron chi connectivity index (χ4n) is 4.42. The fraction of sp³-hybridized carbons (Fsp3) is 0.565. The van der Waals surface area contributed by atoms with Gasteiger partial charge in [0.05, 0.1) is 24.9 Å². The van der Waals surface area contributed by atoms with Gasteiger partial charge in [0, 0.05) is 43.1 Å². The monoisotopic (exact) mass is 442 g/mol. The Balaban J connectivity index is 1.25. The Morgan fingerprint density at radius 2 is 1.97 bits per heavy atom. The van der Waals surface area contributed by atoms with Crippen LogP contribution in [0.15, 0.2) is 24.3 Å². The van der Waals surface area contributed by atoms with Crippen LogP contribution in [0.3, 0.4) is 0 Å². The van der Waals surface area contributed by atoms with Gasteiger partial charge in [-0.05, 0) is 51.5 Å². The molecule has 0 saturated carbocycles. The van der Waals surface area contributed by atoms with E-state index in [0.717, 1.165) is 62.2 Å². The van der Waals surface area contributed by atoms with Crippen molar-refractivity contribution in [3.05, 3.63) is 41.2 Å². The number of anilines is 1. The van der Waals surface area contributed by atoms with Crippen LogP contribution in [-0.2, 0) is 16.1 Å². The molecule has 0 radical (unpaired) electrons. The Hall–Kier alpha value is -2.46. The number of carbonyl (C=O) groups is 1. The molecule has 0 aliphatic carbocycles. The van der Waals surface area contributed by atoms with Crippen molar-refractivity contribution in [3.63, 3.8) is 0 Å². The summed E-state index contributed by atoms with van der Waals surface area (Å²) in [5, 5.41) is 7.59. The minimum absolute atomic E-state index is 0.0563. The summed E-state index contributed by atoms with van der Waals surface area (Å²) < 4.78 is 13.2. The molecule has 1 aromatic carbocycles. The van der Waals surface area contributed by atoms with Crippen molar-refractivity contribution in [2.24, 2.45) is 0 Å². The van der Waals surface area contributed by atoms with Gasteiger partial charge in [0.15, 0.2) is 0 Å². The maximum Gasteiger partial charge on any atom is 0.242 e. The smallest absolute Gasteiger partial charge is 0.242 e. The van der Waals surface area contributed by atoms with Gasteiger partial charge in [-0.25, -0.2) is 10.9 Å². The molecule has 0 spiro atoms. The summed E-state index contributed by atoms with van der Waals surface area (Å²) in [5.74, 6) is 0.745. The number of nitrogens with one attached hydrogen (secondary N) is 3. The first kappa shape index (κ1) is 22.7. The molecule has 1 aromatic heterocycles. The lowest BCUT2D eigenvalue weighted by molar-refractivity contribution is -0.117. The van der Waals surface area contributed by atoms with E-state index in [2.05, 4.69) is 40.0 Å². The van der Waals surface area contributed by atoms with Crippen LogP contribution in [0, 0.1) is 13.8 Å². The zero-order chi connectivity index (χ0) is 22.5. The Morgan fingerprint density at radius 1 is 1.22 bits per heavy atom. The molecule has 1 amide bonds. The molecule has 174 valence electrons. The molecule has 4 rings (SSSR count). The second kappa shape index (κ2) is 10.4. The summed E-state index contributed by atoms with van der Waals surface area (Å²) in [5.41, 5.74) is 10.5. The van der Waals surface area contributed by atoms with Crippen molar-refractivity contribution in [2.75, 3.05) is 44.8 Å². The first-order valence-electron chi connectivity index (χ1n) is 11.4. The van der Waals surface area contributed by atoms with Crippen molar-refractivity contribution in [1.82, 2.24) is 25.5 Å². The quantitative estimate of drug-likeness (QED) is 0.574. The van der Waals surface area contributed by atoms with Gasteiger partial charge in [0.2, 0.25) is 5.91 Å². The van der Waals surface area contributed by atoms with Gasteiger partial charge < -0.3 is 14.8 Å². The molecule has 2 fully saturated rings. The lowest BCUT2D eigenvalue weighted by Gasteiger charge is -2.26. The number of benzene rings is 1. The third-order valence-electron chi connectivity index (χ3n) is 6.21. The number of aryl methyl sites for hydroxylation is 2. The lowest BCUT2D eigenvalue weighted by atomic mass is 10.00.